The van der Waals surface area contributed by atoms with Crippen LogP contribution < -0.4 is 4.72 Å². The van der Waals surface area contributed by atoms with Gasteiger partial charge in [0.2, 0.25) is 10.0 Å². The first-order valence-corrected chi connectivity index (χ1v) is 10.6. The van der Waals surface area contributed by atoms with Gasteiger partial charge in [-0.3, -0.25) is 4.79 Å². The van der Waals surface area contributed by atoms with E-state index >= 15 is 0 Å². The van der Waals surface area contributed by atoms with E-state index in [-0.39, 0.29) is 0 Å². The zero-order valence-corrected chi connectivity index (χ0v) is 16.4. The van der Waals surface area contributed by atoms with E-state index in [4.69, 9.17) is 0 Å². The van der Waals surface area contributed by atoms with Gasteiger partial charge >= 0.3 is 0 Å². The van der Waals surface area contributed by atoms with Crippen molar-refractivity contribution in [3.8, 4) is 11.1 Å². The lowest BCUT2D eigenvalue weighted by Crippen LogP contribution is -2.30. The molecule has 1 amide bonds. The second-order valence-electron chi connectivity index (χ2n) is 6.97. The van der Waals surface area contributed by atoms with Crippen molar-refractivity contribution < 1.29 is 13.2 Å². The van der Waals surface area contributed by atoms with E-state index in [2.05, 4.69) is 49.8 Å². The molecule has 2 rings (SSSR count). The maximum Gasteiger partial charge on any atom is 0.264 e. The van der Waals surface area contributed by atoms with Crippen LogP contribution in [0.1, 0.15) is 41.8 Å². The molecule has 0 aromatic heterocycles. The minimum atomic E-state index is -3.59. The normalized spacial score (nSPS) is 11.6. The van der Waals surface area contributed by atoms with Crippen molar-refractivity contribution in [3.05, 3.63) is 66.1 Å². The largest absolute Gasteiger partial charge is 0.268 e. The Kier molecular flexibility index (Phi) is 6.59. The molecule has 139 valence electrons. The Morgan fingerprint density at radius 1 is 1.08 bits per heavy atom. The molecular weight excluding hydrogens is 346 g/mol. The van der Waals surface area contributed by atoms with Gasteiger partial charge in [-0.05, 0) is 53.5 Å². The molecule has 1 radical (unpaired) electrons. The first kappa shape index (κ1) is 20.2. The van der Waals surface area contributed by atoms with Gasteiger partial charge in [0.1, 0.15) is 0 Å². The second-order valence-corrected chi connectivity index (χ2v) is 8.72. The van der Waals surface area contributed by atoms with Crippen molar-refractivity contribution >= 4 is 15.9 Å². The summed E-state index contributed by atoms with van der Waals surface area (Å²) < 4.78 is 24.8. The first-order chi connectivity index (χ1) is 12.2. The van der Waals surface area contributed by atoms with Gasteiger partial charge < -0.3 is 0 Å². The summed E-state index contributed by atoms with van der Waals surface area (Å²) >= 11 is 0. The number of nitrogens with one attached hydrogen (secondary N) is 1. The lowest BCUT2D eigenvalue weighted by molar-refractivity contribution is 0.0980. The van der Waals surface area contributed by atoms with Crippen LogP contribution in [-0.4, -0.2) is 20.6 Å². The minimum Gasteiger partial charge on any atom is -0.268 e. The molecule has 0 bridgehead atoms. The average molecular weight is 373 g/mol. The van der Waals surface area contributed by atoms with E-state index in [1.807, 2.05) is 12.1 Å². The number of hydrogen-bond donors (Lipinski definition) is 1. The molecule has 4 nitrogen and oxygen atoms in total. The van der Waals surface area contributed by atoms with E-state index < -0.39 is 15.9 Å². The predicted molar refractivity (Wildman–Crippen MR) is 106 cm³/mol. The number of aryl methyl sites for hydroxylation is 1. The summed E-state index contributed by atoms with van der Waals surface area (Å²) in [6.45, 7) is 8.01. The number of benzene rings is 2. The molecular formula is C21H26NO3S. The molecule has 2 aromatic rings. The van der Waals surface area contributed by atoms with Gasteiger partial charge in [0, 0.05) is 5.56 Å². The summed E-state index contributed by atoms with van der Waals surface area (Å²) in [4.78, 5) is 12.3. The molecule has 0 saturated heterocycles. The predicted octanol–water partition coefficient (Wildman–Crippen LogP) is 4.01. The zero-order chi connectivity index (χ0) is 19.3. The molecule has 0 heterocycles. The standard InChI is InChI=1S/C21H26NO3S/c1-5-6-16-7-9-17(10-8-16)18-11-12-20(19(14-18)13-15(2)3)21(23)22-26(4,24)25/h7-12,14-15H,1,5-6,13H2,2-4H3,(H,22,23). The third-order valence-electron chi connectivity index (χ3n) is 4.01. The molecule has 0 spiro atoms. The summed E-state index contributed by atoms with van der Waals surface area (Å²) in [5.41, 5.74) is 4.58. The summed E-state index contributed by atoms with van der Waals surface area (Å²) in [5, 5.41) is 0. The van der Waals surface area contributed by atoms with E-state index in [9.17, 15) is 13.2 Å². The summed E-state index contributed by atoms with van der Waals surface area (Å²) in [7, 11) is -3.59. The maximum absolute atomic E-state index is 12.3. The van der Waals surface area contributed by atoms with E-state index in [1.54, 1.807) is 6.07 Å². The fourth-order valence-corrected chi connectivity index (χ4v) is 3.34. The monoisotopic (exact) mass is 372 g/mol. The van der Waals surface area contributed by atoms with Gasteiger partial charge in [-0.15, -0.1) is 0 Å². The zero-order valence-electron chi connectivity index (χ0n) is 15.6. The Morgan fingerprint density at radius 3 is 2.23 bits per heavy atom. The molecule has 0 atom stereocenters. The van der Waals surface area contributed by atoms with Crippen molar-refractivity contribution in [2.24, 2.45) is 5.92 Å². The molecule has 2 aromatic carbocycles. The third-order valence-corrected chi connectivity index (χ3v) is 4.57. The lowest BCUT2D eigenvalue weighted by atomic mass is 9.93. The molecule has 0 aliphatic carbocycles. The molecule has 0 aliphatic heterocycles. The molecule has 0 saturated carbocycles. The fraction of sp³-hybridized carbons (Fsp3) is 0.333. The lowest BCUT2D eigenvalue weighted by Gasteiger charge is -2.14. The summed E-state index contributed by atoms with van der Waals surface area (Å²) in [5.74, 6) is -0.241. The quantitative estimate of drug-likeness (QED) is 0.799. The Morgan fingerprint density at radius 2 is 1.69 bits per heavy atom. The van der Waals surface area contributed by atoms with Gasteiger partial charge in [-0.25, -0.2) is 13.1 Å². The highest BCUT2D eigenvalue weighted by Crippen LogP contribution is 2.25. The van der Waals surface area contributed by atoms with E-state index in [0.717, 1.165) is 35.8 Å². The van der Waals surface area contributed by atoms with Crippen molar-refractivity contribution in [2.75, 3.05) is 6.26 Å². The van der Waals surface area contributed by atoms with Crippen molar-refractivity contribution in [3.63, 3.8) is 0 Å². The first-order valence-electron chi connectivity index (χ1n) is 8.73. The average Bonchev–Trinajstić information content (AvgIpc) is 2.53. The number of amides is 1. The van der Waals surface area contributed by atoms with Gasteiger partial charge in [-0.1, -0.05) is 57.2 Å². The van der Waals surface area contributed by atoms with Crippen LogP contribution in [-0.2, 0) is 22.9 Å². The molecule has 5 heteroatoms. The summed E-state index contributed by atoms with van der Waals surface area (Å²) in [6, 6.07) is 13.9. The van der Waals surface area contributed by atoms with Crippen LogP contribution in [0.2, 0.25) is 0 Å². The smallest absolute Gasteiger partial charge is 0.264 e. The van der Waals surface area contributed by atoms with Crippen molar-refractivity contribution in [1.29, 1.82) is 0 Å². The number of carbonyl (C=O) groups excluding carboxylic acids is 1. The Labute approximate surface area is 156 Å². The van der Waals surface area contributed by atoms with Crippen LogP contribution in [0.5, 0.6) is 0 Å². The molecule has 0 unspecified atom stereocenters. The topological polar surface area (TPSA) is 63.2 Å². The number of hydrogen-bond acceptors (Lipinski definition) is 3. The van der Waals surface area contributed by atoms with Crippen LogP contribution >= 0.6 is 0 Å². The summed E-state index contributed by atoms with van der Waals surface area (Å²) in [6.07, 6.45) is 3.49. The minimum absolute atomic E-state index is 0.342. The van der Waals surface area contributed by atoms with E-state index in [0.29, 0.717) is 17.9 Å². The Hall–Kier alpha value is -2.14. The number of sulfonamides is 1. The fourth-order valence-electron chi connectivity index (χ4n) is 2.89. The third kappa shape index (κ3) is 5.70. The number of carbonyl (C=O) groups is 1. The molecule has 26 heavy (non-hydrogen) atoms. The highest BCUT2D eigenvalue weighted by Gasteiger charge is 2.17. The Balaban J connectivity index is 2.39. The van der Waals surface area contributed by atoms with Crippen LogP contribution in [0, 0.1) is 12.8 Å². The SMILES string of the molecule is [CH2]CCc1ccc(-c2ccc(C(=O)NS(C)(=O)=O)c(CC(C)C)c2)cc1. The second kappa shape index (κ2) is 8.49. The van der Waals surface area contributed by atoms with E-state index in [1.165, 1.54) is 5.56 Å². The van der Waals surface area contributed by atoms with Crippen LogP contribution in [0.4, 0.5) is 0 Å². The van der Waals surface area contributed by atoms with Crippen LogP contribution in [0.25, 0.3) is 11.1 Å². The highest BCUT2D eigenvalue weighted by atomic mass is 32.2. The van der Waals surface area contributed by atoms with Gasteiger partial charge in [0.15, 0.2) is 0 Å². The van der Waals surface area contributed by atoms with Crippen LogP contribution in [0.15, 0.2) is 42.5 Å². The molecule has 0 aliphatic rings. The van der Waals surface area contributed by atoms with Crippen molar-refractivity contribution in [2.45, 2.75) is 33.1 Å². The highest BCUT2D eigenvalue weighted by molar-refractivity contribution is 7.89. The molecule has 1 N–H and O–H groups in total. The Bertz CT molecular complexity index is 869. The van der Waals surface area contributed by atoms with Crippen LogP contribution in [0.3, 0.4) is 0 Å². The maximum atomic E-state index is 12.3. The van der Waals surface area contributed by atoms with Gasteiger partial charge in [0.05, 0.1) is 6.26 Å². The molecule has 0 fully saturated rings. The number of rotatable bonds is 7. The van der Waals surface area contributed by atoms with Gasteiger partial charge in [0.25, 0.3) is 5.91 Å². The van der Waals surface area contributed by atoms with Crippen molar-refractivity contribution in [1.82, 2.24) is 4.72 Å². The van der Waals surface area contributed by atoms with Gasteiger partial charge in [-0.2, -0.15) is 0 Å².